The third kappa shape index (κ3) is 6.68. The SMILES string of the molecule is CCCNC(=O)CNC(=NC)NCc1ccc(C(=O)N(C)C)cc1. The second-order valence-corrected chi connectivity index (χ2v) is 5.53. The molecule has 0 saturated heterocycles. The second kappa shape index (κ2) is 10.3. The molecule has 7 heteroatoms. The quantitative estimate of drug-likeness (QED) is 0.503. The van der Waals surface area contributed by atoms with Crippen molar-refractivity contribution in [2.24, 2.45) is 4.99 Å². The molecule has 7 nitrogen and oxygen atoms in total. The van der Waals surface area contributed by atoms with Crippen LogP contribution < -0.4 is 16.0 Å². The lowest BCUT2D eigenvalue weighted by Crippen LogP contribution is -2.43. The number of rotatable bonds is 7. The van der Waals surface area contributed by atoms with E-state index in [4.69, 9.17) is 0 Å². The Labute approximate surface area is 143 Å². The van der Waals surface area contributed by atoms with Crippen molar-refractivity contribution in [1.82, 2.24) is 20.9 Å². The van der Waals surface area contributed by atoms with E-state index in [0.717, 1.165) is 12.0 Å². The van der Waals surface area contributed by atoms with Gasteiger partial charge in [0.2, 0.25) is 5.91 Å². The molecule has 132 valence electrons. The zero-order chi connectivity index (χ0) is 17.9. The van der Waals surface area contributed by atoms with E-state index in [2.05, 4.69) is 20.9 Å². The molecule has 0 aliphatic rings. The minimum atomic E-state index is -0.0636. The van der Waals surface area contributed by atoms with Gasteiger partial charge in [0.25, 0.3) is 5.91 Å². The molecule has 24 heavy (non-hydrogen) atoms. The lowest BCUT2D eigenvalue weighted by molar-refractivity contribution is -0.120. The molecule has 1 aromatic carbocycles. The summed E-state index contributed by atoms with van der Waals surface area (Å²) in [5.74, 6) is 0.464. The fraction of sp³-hybridized carbons (Fsp3) is 0.471. The molecule has 0 aliphatic heterocycles. The van der Waals surface area contributed by atoms with Crippen LogP contribution >= 0.6 is 0 Å². The zero-order valence-electron chi connectivity index (χ0n) is 14.8. The molecular weight excluding hydrogens is 306 g/mol. The number of aliphatic imine (C=N–C) groups is 1. The molecule has 0 radical (unpaired) electrons. The van der Waals surface area contributed by atoms with Crippen molar-refractivity contribution in [1.29, 1.82) is 0 Å². The summed E-state index contributed by atoms with van der Waals surface area (Å²) in [4.78, 5) is 29.0. The van der Waals surface area contributed by atoms with Gasteiger partial charge in [-0.15, -0.1) is 0 Å². The number of guanidine groups is 1. The molecule has 0 spiro atoms. The maximum absolute atomic E-state index is 11.8. The van der Waals surface area contributed by atoms with E-state index in [1.165, 1.54) is 0 Å². The van der Waals surface area contributed by atoms with E-state index in [0.29, 0.717) is 24.6 Å². The molecule has 2 amide bonds. The van der Waals surface area contributed by atoms with E-state index in [9.17, 15) is 9.59 Å². The molecule has 3 N–H and O–H groups in total. The van der Waals surface area contributed by atoms with Crippen LogP contribution in [0.25, 0.3) is 0 Å². The van der Waals surface area contributed by atoms with Crippen LogP contribution in [0.3, 0.4) is 0 Å². The smallest absolute Gasteiger partial charge is 0.253 e. The third-order valence-electron chi connectivity index (χ3n) is 3.28. The fourth-order valence-corrected chi connectivity index (χ4v) is 1.92. The Morgan fingerprint density at radius 1 is 1.08 bits per heavy atom. The summed E-state index contributed by atoms with van der Waals surface area (Å²) < 4.78 is 0. The summed E-state index contributed by atoms with van der Waals surface area (Å²) in [7, 11) is 5.10. The van der Waals surface area contributed by atoms with Crippen LogP contribution in [0.5, 0.6) is 0 Å². The van der Waals surface area contributed by atoms with Gasteiger partial charge >= 0.3 is 0 Å². The van der Waals surface area contributed by atoms with Gasteiger partial charge in [-0.25, -0.2) is 0 Å². The Hall–Kier alpha value is -2.57. The number of amides is 2. The number of nitrogens with zero attached hydrogens (tertiary/aromatic N) is 2. The maximum atomic E-state index is 11.8. The largest absolute Gasteiger partial charge is 0.355 e. The van der Waals surface area contributed by atoms with Crippen molar-refractivity contribution in [2.45, 2.75) is 19.9 Å². The maximum Gasteiger partial charge on any atom is 0.253 e. The topological polar surface area (TPSA) is 85.8 Å². The third-order valence-corrected chi connectivity index (χ3v) is 3.28. The Morgan fingerprint density at radius 3 is 2.29 bits per heavy atom. The molecule has 0 aromatic heterocycles. The van der Waals surface area contributed by atoms with Gasteiger partial charge in [0, 0.05) is 39.8 Å². The first-order valence-electron chi connectivity index (χ1n) is 7.99. The van der Waals surface area contributed by atoms with Gasteiger partial charge in [0.15, 0.2) is 5.96 Å². The van der Waals surface area contributed by atoms with Gasteiger partial charge in [-0.1, -0.05) is 19.1 Å². The van der Waals surface area contributed by atoms with Crippen LogP contribution in [0.2, 0.25) is 0 Å². The minimum Gasteiger partial charge on any atom is -0.355 e. The molecule has 1 rings (SSSR count). The molecule has 1 aromatic rings. The van der Waals surface area contributed by atoms with Crippen LogP contribution in [0.15, 0.2) is 29.3 Å². The van der Waals surface area contributed by atoms with E-state index < -0.39 is 0 Å². The summed E-state index contributed by atoms with van der Waals surface area (Å²) in [6, 6.07) is 7.39. The molecule has 0 unspecified atom stereocenters. The highest BCUT2D eigenvalue weighted by Gasteiger charge is 2.07. The van der Waals surface area contributed by atoms with Crippen LogP contribution in [0.1, 0.15) is 29.3 Å². The first kappa shape index (κ1) is 19.5. The van der Waals surface area contributed by atoms with Crippen molar-refractivity contribution in [3.05, 3.63) is 35.4 Å². The van der Waals surface area contributed by atoms with Crippen molar-refractivity contribution >= 4 is 17.8 Å². The standard InChI is InChI=1S/C17H27N5O2/c1-5-10-19-15(23)12-21-17(18-2)20-11-13-6-8-14(9-7-13)16(24)22(3)4/h6-9H,5,10-12H2,1-4H3,(H,19,23)(H2,18,20,21). The Morgan fingerprint density at radius 2 is 1.75 bits per heavy atom. The van der Waals surface area contributed by atoms with E-state index in [1.54, 1.807) is 38.2 Å². The summed E-state index contributed by atoms with van der Waals surface area (Å²) in [5, 5.41) is 8.88. The van der Waals surface area contributed by atoms with Crippen molar-refractivity contribution in [3.8, 4) is 0 Å². The lowest BCUT2D eigenvalue weighted by atomic mass is 10.1. The molecular formula is C17H27N5O2. The highest BCUT2D eigenvalue weighted by atomic mass is 16.2. The Kier molecular flexibility index (Phi) is 8.32. The molecule has 0 saturated carbocycles. The zero-order valence-corrected chi connectivity index (χ0v) is 14.8. The highest BCUT2D eigenvalue weighted by Crippen LogP contribution is 2.06. The second-order valence-electron chi connectivity index (χ2n) is 5.53. The number of hydrogen-bond acceptors (Lipinski definition) is 3. The summed E-state index contributed by atoms with van der Waals surface area (Å²) in [6.07, 6.45) is 0.908. The van der Waals surface area contributed by atoms with E-state index >= 15 is 0 Å². The molecule has 0 fully saturated rings. The van der Waals surface area contributed by atoms with Crippen LogP contribution in [-0.4, -0.2) is 56.9 Å². The predicted molar refractivity (Wildman–Crippen MR) is 96.0 cm³/mol. The number of carbonyl (C=O) groups is 2. The predicted octanol–water partition coefficient (Wildman–Crippen LogP) is 0.580. The van der Waals surface area contributed by atoms with Crippen molar-refractivity contribution < 1.29 is 9.59 Å². The number of carbonyl (C=O) groups excluding carboxylic acids is 2. The summed E-state index contributed by atoms with van der Waals surface area (Å²) >= 11 is 0. The molecule has 0 bridgehead atoms. The average Bonchev–Trinajstić information content (AvgIpc) is 2.59. The average molecular weight is 333 g/mol. The Balaban J connectivity index is 2.46. The van der Waals surface area contributed by atoms with Crippen LogP contribution in [0.4, 0.5) is 0 Å². The molecule has 0 aliphatic carbocycles. The number of nitrogens with one attached hydrogen (secondary N) is 3. The van der Waals surface area contributed by atoms with E-state index in [1.807, 2.05) is 19.1 Å². The van der Waals surface area contributed by atoms with Crippen LogP contribution in [-0.2, 0) is 11.3 Å². The summed E-state index contributed by atoms with van der Waals surface area (Å²) in [5.41, 5.74) is 1.67. The van der Waals surface area contributed by atoms with Crippen molar-refractivity contribution in [2.75, 3.05) is 34.2 Å². The van der Waals surface area contributed by atoms with Gasteiger partial charge in [-0.2, -0.15) is 0 Å². The van der Waals surface area contributed by atoms with Gasteiger partial charge in [-0.05, 0) is 24.1 Å². The Bertz CT molecular complexity index is 567. The lowest BCUT2D eigenvalue weighted by Gasteiger charge is -2.13. The number of hydrogen-bond donors (Lipinski definition) is 3. The van der Waals surface area contributed by atoms with Gasteiger partial charge < -0.3 is 20.9 Å². The monoisotopic (exact) mass is 333 g/mol. The summed E-state index contributed by atoms with van der Waals surface area (Å²) in [6.45, 7) is 3.40. The molecule has 0 heterocycles. The van der Waals surface area contributed by atoms with Gasteiger partial charge in [-0.3, -0.25) is 14.6 Å². The fourth-order valence-electron chi connectivity index (χ4n) is 1.92. The number of benzene rings is 1. The molecule has 0 atom stereocenters. The van der Waals surface area contributed by atoms with Crippen molar-refractivity contribution in [3.63, 3.8) is 0 Å². The van der Waals surface area contributed by atoms with Gasteiger partial charge in [0.1, 0.15) is 0 Å². The normalized spacial score (nSPS) is 10.9. The first-order valence-corrected chi connectivity index (χ1v) is 7.99. The first-order chi connectivity index (χ1) is 11.5. The van der Waals surface area contributed by atoms with E-state index in [-0.39, 0.29) is 18.4 Å². The van der Waals surface area contributed by atoms with Crippen LogP contribution in [0, 0.1) is 0 Å². The highest BCUT2D eigenvalue weighted by molar-refractivity contribution is 5.93. The van der Waals surface area contributed by atoms with Gasteiger partial charge in [0.05, 0.1) is 6.54 Å². The minimum absolute atomic E-state index is 0.0231.